The summed E-state index contributed by atoms with van der Waals surface area (Å²) in [5, 5.41) is 2.53. The van der Waals surface area contributed by atoms with E-state index in [1.165, 1.54) is 7.11 Å². The van der Waals surface area contributed by atoms with Crippen LogP contribution in [-0.2, 0) is 11.3 Å². The van der Waals surface area contributed by atoms with E-state index in [1.807, 2.05) is 30.3 Å². The number of pyridine rings is 1. The molecule has 20 heavy (non-hydrogen) atoms. The molecule has 1 aromatic heterocycles. The number of benzene rings is 1. The van der Waals surface area contributed by atoms with Gasteiger partial charge in [0.2, 0.25) is 5.88 Å². The highest BCUT2D eigenvalue weighted by Crippen LogP contribution is 2.19. The number of nitrogens with two attached hydrogens (primary N) is 1. The van der Waals surface area contributed by atoms with Gasteiger partial charge < -0.3 is 15.2 Å². The van der Waals surface area contributed by atoms with Gasteiger partial charge in [-0.15, -0.1) is 0 Å². The van der Waals surface area contributed by atoms with Gasteiger partial charge in [0.15, 0.2) is 5.82 Å². The lowest BCUT2D eigenvalue weighted by Crippen LogP contribution is -2.15. The summed E-state index contributed by atoms with van der Waals surface area (Å²) in [7, 11) is 1.49. The number of hydrogen-bond donors (Lipinski definition) is 2. The average molecular weight is 273 g/mol. The van der Waals surface area contributed by atoms with Gasteiger partial charge >= 0.3 is 6.09 Å². The molecule has 1 heterocycles. The Hall–Kier alpha value is -2.76. The van der Waals surface area contributed by atoms with Crippen LogP contribution in [0.3, 0.4) is 0 Å². The molecule has 0 aliphatic heterocycles. The fourth-order valence-corrected chi connectivity index (χ4v) is 1.54. The van der Waals surface area contributed by atoms with Crippen molar-refractivity contribution in [1.29, 1.82) is 0 Å². The first kappa shape index (κ1) is 13.7. The number of carbonyl (C=O) groups is 1. The molecular formula is C14H15N3O3. The largest absolute Gasteiger partial charge is 0.481 e. The molecule has 1 amide bonds. The minimum Gasteiger partial charge on any atom is -0.481 e. The Kier molecular flexibility index (Phi) is 4.39. The molecule has 0 aliphatic carbocycles. The van der Waals surface area contributed by atoms with Gasteiger partial charge in [0.25, 0.3) is 0 Å². The molecule has 6 heteroatoms. The van der Waals surface area contributed by atoms with Crippen molar-refractivity contribution in [2.45, 2.75) is 6.61 Å². The monoisotopic (exact) mass is 273 g/mol. The first-order chi connectivity index (χ1) is 9.69. The van der Waals surface area contributed by atoms with Crippen LogP contribution in [0.15, 0.2) is 42.5 Å². The van der Waals surface area contributed by atoms with E-state index in [-0.39, 0.29) is 12.4 Å². The van der Waals surface area contributed by atoms with Crippen molar-refractivity contribution < 1.29 is 14.3 Å². The Labute approximate surface area is 116 Å². The molecule has 104 valence electrons. The van der Waals surface area contributed by atoms with Crippen molar-refractivity contribution in [1.82, 2.24) is 4.98 Å². The number of methoxy groups -OCH3 is 1. The Morgan fingerprint density at radius 2 is 2.00 bits per heavy atom. The van der Waals surface area contributed by atoms with E-state index in [9.17, 15) is 4.79 Å². The Morgan fingerprint density at radius 3 is 2.65 bits per heavy atom. The van der Waals surface area contributed by atoms with Crippen molar-refractivity contribution in [3.05, 3.63) is 48.0 Å². The first-order valence-corrected chi connectivity index (χ1v) is 5.97. The van der Waals surface area contributed by atoms with Crippen LogP contribution in [-0.4, -0.2) is 18.2 Å². The summed E-state index contributed by atoms with van der Waals surface area (Å²) >= 11 is 0. The van der Waals surface area contributed by atoms with E-state index in [2.05, 4.69) is 10.3 Å². The van der Waals surface area contributed by atoms with E-state index in [0.29, 0.717) is 11.6 Å². The van der Waals surface area contributed by atoms with Gasteiger partial charge in [-0.3, -0.25) is 5.32 Å². The van der Waals surface area contributed by atoms with Gasteiger partial charge in [0.05, 0.1) is 12.8 Å². The molecule has 2 aromatic rings. The van der Waals surface area contributed by atoms with Crippen LogP contribution in [0.4, 0.5) is 16.3 Å². The number of ether oxygens (including phenoxy) is 2. The van der Waals surface area contributed by atoms with Gasteiger partial charge in [0, 0.05) is 6.07 Å². The van der Waals surface area contributed by atoms with Gasteiger partial charge in [0.1, 0.15) is 6.61 Å². The third kappa shape index (κ3) is 3.61. The number of hydrogen-bond acceptors (Lipinski definition) is 5. The minimum absolute atomic E-state index is 0.168. The molecule has 0 atom stereocenters. The summed E-state index contributed by atoms with van der Waals surface area (Å²) in [4.78, 5) is 15.6. The predicted molar refractivity (Wildman–Crippen MR) is 75.5 cm³/mol. The van der Waals surface area contributed by atoms with Crippen molar-refractivity contribution in [3.8, 4) is 5.88 Å². The van der Waals surface area contributed by atoms with Crippen LogP contribution in [0.2, 0.25) is 0 Å². The minimum atomic E-state index is -0.590. The maximum absolute atomic E-state index is 11.6. The summed E-state index contributed by atoms with van der Waals surface area (Å²) in [6.07, 6.45) is -0.590. The second kappa shape index (κ2) is 6.42. The number of nitrogens with zero attached hydrogens (tertiary/aromatic N) is 1. The predicted octanol–water partition coefficient (Wildman–Crippen LogP) is 2.42. The summed E-state index contributed by atoms with van der Waals surface area (Å²) in [6, 6.07) is 12.6. The number of nitrogen functional groups attached to an aromatic ring is 1. The fraction of sp³-hybridized carbons (Fsp3) is 0.143. The van der Waals surface area contributed by atoms with Crippen LogP contribution < -0.4 is 15.8 Å². The number of amides is 1. The molecule has 3 N–H and O–H groups in total. The van der Waals surface area contributed by atoms with Gasteiger partial charge in [-0.2, -0.15) is 4.98 Å². The summed E-state index contributed by atoms with van der Waals surface area (Å²) in [5.41, 5.74) is 6.98. The molecule has 0 aliphatic rings. The van der Waals surface area contributed by atoms with Crippen molar-refractivity contribution in [2.24, 2.45) is 0 Å². The zero-order chi connectivity index (χ0) is 14.4. The van der Waals surface area contributed by atoms with E-state index >= 15 is 0 Å². The molecule has 1 aromatic carbocycles. The smallest absolute Gasteiger partial charge is 0.412 e. The van der Waals surface area contributed by atoms with E-state index < -0.39 is 6.09 Å². The normalized spacial score (nSPS) is 9.85. The van der Waals surface area contributed by atoms with Crippen molar-refractivity contribution in [3.63, 3.8) is 0 Å². The zero-order valence-corrected chi connectivity index (χ0v) is 11.0. The number of carbonyl (C=O) groups excluding carboxylic acids is 1. The summed E-state index contributed by atoms with van der Waals surface area (Å²) in [5.74, 6) is 0.548. The average Bonchev–Trinajstić information content (AvgIpc) is 2.48. The second-order valence-electron chi connectivity index (χ2n) is 3.97. The Balaban J connectivity index is 1.91. The van der Waals surface area contributed by atoms with E-state index in [4.69, 9.17) is 15.2 Å². The van der Waals surface area contributed by atoms with E-state index in [1.54, 1.807) is 12.1 Å². The lowest BCUT2D eigenvalue weighted by molar-refractivity contribution is 0.155. The van der Waals surface area contributed by atoms with Crippen molar-refractivity contribution in [2.75, 3.05) is 18.2 Å². The van der Waals surface area contributed by atoms with Crippen LogP contribution in [0.1, 0.15) is 5.56 Å². The van der Waals surface area contributed by atoms with Crippen molar-refractivity contribution >= 4 is 17.6 Å². The van der Waals surface area contributed by atoms with Crippen LogP contribution in [0.5, 0.6) is 5.88 Å². The Bertz CT molecular complexity index is 587. The molecule has 0 saturated heterocycles. The molecule has 0 fully saturated rings. The third-order valence-electron chi connectivity index (χ3n) is 2.56. The molecular weight excluding hydrogens is 258 g/mol. The number of aromatic nitrogens is 1. The van der Waals surface area contributed by atoms with Gasteiger partial charge in [-0.05, 0) is 11.6 Å². The topological polar surface area (TPSA) is 86.5 Å². The zero-order valence-electron chi connectivity index (χ0n) is 11.0. The Morgan fingerprint density at radius 1 is 1.25 bits per heavy atom. The lowest BCUT2D eigenvalue weighted by Gasteiger charge is -2.09. The number of rotatable bonds is 4. The standard InChI is InChI=1S/C14H15N3O3/c1-19-12-8-7-11(13(15)17-12)16-14(18)20-9-10-5-3-2-4-6-10/h2-8H,9H2,1H3,(H2,15,17)(H,16,18). The molecule has 2 rings (SSSR count). The maximum atomic E-state index is 11.6. The van der Waals surface area contributed by atoms with Crippen LogP contribution in [0, 0.1) is 0 Å². The molecule has 6 nitrogen and oxygen atoms in total. The highest BCUT2D eigenvalue weighted by Gasteiger charge is 2.08. The van der Waals surface area contributed by atoms with Gasteiger partial charge in [-0.25, -0.2) is 4.79 Å². The molecule has 0 saturated carbocycles. The highest BCUT2D eigenvalue weighted by molar-refractivity contribution is 5.88. The molecule has 0 spiro atoms. The quantitative estimate of drug-likeness (QED) is 0.893. The third-order valence-corrected chi connectivity index (χ3v) is 2.56. The highest BCUT2D eigenvalue weighted by atomic mass is 16.5. The maximum Gasteiger partial charge on any atom is 0.412 e. The lowest BCUT2D eigenvalue weighted by atomic mass is 10.2. The summed E-state index contributed by atoms with van der Waals surface area (Å²) < 4.78 is 10.0. The SMILES string of the molecule is COc1ccc(NC(=O)OCc2ccccc2)c(N)n1. The second-order valence-corrected chi connectivity index (χ2v) is 3.97. The van der Waals surface area contributed by atoms with Gasteiger partial charge in [-0.1, -0.05) is 30.3 Å². The summed E-state index contributed by atoms with van der Waals surface area (Å²) in [6.45, 7) is 0.191. The molecule has 0 bridgehead atoms. The van der Waals surface area contributed by atoms with E-state index in [0.717, 1.165) is 5.56 Å². The number of nitrogens with one attached hydrogen (secondary N) is 1. The molecule has 0 radical (unpaired) electrons. The first-order valence-electron chi connectivity index (χ1n) is 5.97. The number of anilines is 2. The van der Waals surface area contributed by atoms with Crippen LogP contribution >= 0.6 is 0 Å². The molecule has 0 unspecified atom stereocenters. The fourth-order valence-electron chi connectivity index (χ4n) is 1.54. The van der Waals surface area contributed by atoms with Crippen LogP contribution in [0.25, 0.3) is 0 Å².